The zero-order valence-electron chi connectivity index (χ0n) is 48.7. The first kappa shape index (κ1) is 48.1. The van der Waals surface area contributed by atoms with E-state index in [0.717, 1.165) is 34.4 Å². The van der Waals surface area contributed by atoms with Crippen LogP contribution in [0.5, 0.6) is 0 Å². The van der Waals surface area contributed by atoms with Gasteiger partial charge in [0.05, 0.1) is 11.0 Å². The first-order chi connectivity index (χ1) is 40.7. The number of benzene rings is 11. The van der Waals surface area contributed by atoms with Crippen LogP contribution in [-0.2, 0) is 28.1 Å². The van der Waals surface area contributed by atoms with Crippen molar-refractivity contribution in [3.8, 4) is 50.2 Å². The Kier molecular flexibility index (Phi) is 9.29. The molecule has 402 valence electrons. The third-order valence-electron chi connectivity index (χ3n) is 20.8. The number of nitrogens with zero attached hydrogens (tertiary/aromatic N) is 1. The lowest BCUT2D eigenvalue weighted by Gasteiger charge is -2.31. The van der Waals surface area contributed by atoms with Gasteiger partial charge in [0.25, 0.3) is 0 Å². The van der Waals surface area contributed by atoms with Crippen molar-refractivity contribution in [3.05, 3.63) is 267 Å². The van der Waals surface area contributed by atoms with Crippen LogP contribution in [0.4, 0.5) is 0 Å². The molecule has 84 heavy (non-hydrogen) atoms. The van der Waals surface area contributed by atoms with Crippen LogP contribution < -0.4 is 0 Å². The third kappa shape index (κ3) is 6.11. The molecule has 0 saturated carbocycles. The van der Waals surface area contributed by atoms with Crippen molar-refractivity contribution in [2.75, 3.05) is 0 Å². The summed E-state index contributed by atoms with van der Waals surface area (Å²) in [5.74, 6) is 0. The molecule has 0 radical (unpaired) electrons. The fourth-order valence-corrected chi connectivity index (χ4v) is 16.7. The highest BCUT2D eigenvalue weighted by Gasteiger charge is 2.49. The standard InChI is InChI=1S/C81H61NO2/c1-78(2)60-35-37-69-71(54-24-14-18-28-67(54)83-69)70(60)58-44-63-56(43-64(58)78)50-34-32-47(42-62(50)79(63,3)4)48(38-45-31-36-66-57(40-45)51-22-13-17-27-65(51)82(66)49-20-10-9-11-21-49)39-46-30-33-53-61(41-46)81(7,8)76-74(53)77-73(55-25-15-19-29-68(55)84-77)72-52-23-12-16-26-59(52)80(5,6)75(72)76/h9-38,40-44H,39H2,1-8H3/b48-38-. The molecular formula is C81H61NO2. The summed E-state index contributed by atoms with van der Waals surface area (Å²) in [7, 11) is 0. The Balaban J connectivity index is 0.810. The number of aromatic nitrogens is 1. The number of hydrogen-bond acceptors (Lipinski definition) is 2. The largest absolute Gasteiger partial charge is 0.456 e. The Morgan fingerprint density at radius 1 is 0.381 bits per heavy atom. The van der Waals surface area contributed by atoms with Gasteiger partial charge in [-0.15, -0.1) is 0 Å². The summed E-state index contributed by atoms with van der Waals surface area (Å²) in [6.45, 7) is 19.5. The fraction of sp³-hybridized carbons (Fsp3) is 0.160. The van der Waals surface area contributed by atoms with E-state index < -0.39 is 0 Å². The third-order valence-corrected chi connectivity index (χ3v) is 20.8. The maximum Gasteiger partial charge on any atom is 0.144 e. The first-order valence-electron chi connectivity index (χ1n) is 30.0. The van der Waals surface area contributed by atoms with Crippen molar-refractivity contribution < 1.29 is 8.83 Å². The normalized spacial score (nSPS) is 16.1. The molecule has 0 atom stereocenters. The van der Waals surface area contributed by atoms with Crippen LogP contribution in [0.25, 0.3) is 128 Å². The van der Waals surface area contributed by atoms with Gasteiger partial charge < -0.3 is 13.4 Å². The van der Waals surface area contributed by atoms with Gasteiger partial charge >= 0.3 is 0 Å². The molecule has 3 aromatic heterocycles. The van der Waals surface area contributed by atoms with Crippen LogP contribution in [0.3, 0.4) is 0 Å². The van der Waals surface area contributed by atoms with Crippen LogP contribution in [0.1, 0.15) is 117 Å². The minimum Gasteiger partial charge on any atom is -0.456 e. The summed E-state index contributed by atoms with van der Waals surface area (Å²) in [4.78, 5) is 0. The van der Waals surface area contributed by atoms with Gasteiger partial charge in [-0.2, -0.15) is 0 Å². The Labute approximate surface area is 489 Å². The average molecular weight is 1080 g/mol. The monoisotopic (exact) mass is 1080 g/mol. The molecule has 0 bridgehead atoms. The van der Waals surface area contributed by atoms with E-state index in [-0.39, 0.29) is 21.7 Å². The molecule has 0 spiro atoms. The molecule has 0 amide bonds. The molecule has 0 fully saturated rings. The second kappa shape index (κ2) is 16.2. The Bertz CT molecular complexity index is 5330. The van der Waals surface area contributed by atoms with Gasteiger partial charge in [-0.25, -0.2) is 0 Å². The topological polar surface area (TPSA) is 31.2 Å². The van der Waals surface area contributed by atoms with Gasteiger partial charge in [-0.3, -0.25) is 0 Å². The molecular weight excluding hydrogens is 1020 g/mol. The van der Waals surface area contributed by atoms with Crippen molar-refractivity contribution in [3.63, 3.8) is 0 Å². The van der Waals surface area contributed by atoms with Gasteiger partial charge in [0.15, 0.2) is 0 Å². The molecule has 18 rings (SSSR count). The Morgan fingerprint density at radius 3 is 1.81 bits per heavy atom. The van der Waals surface area contributed by atoms with Crippen molar-refractivity contribution in [1.29, 1.82) is 0 Å². The molecule has 0 N–H and O–H groups in total. The van der Waals surface area contributed by atoms with Gasteiger partial charge in [0.2, 0.25) is 0 Å². The quantitative estimate of drug-likeness (QED) is 0.161. The average Bonchev–Trinajstić information content (AvgIpc) is 1.54. The highest BCUT2D eigenvalue weighted by atomic mass is 16.3. The summed E-state index contributed by atoms with van der Waals surface area (Å²) in [6, 6.07) is 77.4. The second-order valence-electron chi connectivity index (χ2n) is 26.7. The zero-order chi connectivity index (χ0) is 56.5. The first-order valence-corrected chi connectivity index (χ1v) is 30.0. The predicted molar refractivity (Wildman–Crippen MR) is 350 cm³/mol. The molecule has 0 unspecified atom stereocenters. The number of allylic oxidation sites excluding steroid dienone is 1. The Morgan fingerprint density at radius 2 is 0.988 bits per heavy atom. The van der Waals surface area contributed by atoms with Gasteiger partial charge in [0.1, 0.15) is 22.3 Å². The summed E-state index contributed by atoms with van der Waals surface area (Å²) in [5, 5.41) is 7.33. The van der Waals surface area contributed by atoms with Gasteiger partial charge in [-0.05, 0) is 179 Å². The number of furan rings is 2. The SMILES string of the molecule is CC1(C)c2cc(/C(=C\c3ccc4c(c3)c3ccccc3n4-c3ccccc3)Cc3ccc4c(c3)C(C)(C)c3c5c(c6c(oc7ccccc76)c3-4)-c3ccccc3C5(C)C)ccc2-c2cc3c(cc21)-c1c(ccc2oc4ccccc4c12)C3(C)C. The summed E-state index contributed by atoms with van der Waals surface area (Å²) < 4.78 is 16.0. The van der Waals surface area contributed by atoms with Crippen molar-refractivity contribution in [1.82, 2.24) is 4.57 Å². The van der Waals surface area contributed by atoms with Crippen LogP contribution in [0.15, 0.2) is 215 Å². The fourth-order valence-electron chi connectivity index (χ4n) is 16.7. The van der Waals surface area contributed by atoms with Crippen molar-refractivity contribution in [2.45, 2.75) is 83.5 Å². The van der Waals surface area contributed by atoms with Crippen molar-refractivity contribution in [2.24, 2.45) is 0 Å². The number of rotatable bonds is 5. The number of para-hydroxylation sites is 4. The van der Waals surface area contributed by atoms with Crippen LogP contribution >= 0.6 is 0 Å². The molecule has 3 heteroatoms. The van der Waals surface area contributed by atoms with E-state index in [4.69, 9.17) is 8.83 Å². The van der Waals surface area contributed by atoms with Gasteiger partial charge in [0, 0.05) is 65.2 Å². The summed E-state index contributed by atoms with van der Waals surface area (Å²) in [6.07, 6.45) is 3.23. The summed E-state index contributed by atoms with van der Waals surface area (Å²) in [5.41, 5.74) is 33.0. The zero-order valence-corrected chi connectivity index (χ0v) is 48.7. The van der Waals surface area contributed by atoms with E-state index in [2.05, 4.69) is 272 Å². The predicted octanol–water partition coefficient (Wildman–Crippen LogP) is 21.6. The van der Waals surface area contributed by atoms with E-state index in [1.165, 1.54) is 155 Å². The molecule has 3 nitrogen and oxygen atoms in total. The molecule has 4 aliphatic rings. The molecule has 0 aliphatic heterocycles. The molecule has 4 aliphatic carbocycles. The highest BCUT2D eigenvalue weighted by molar-refractivity contribution is 6.21. The maximum absolute atomic E-state index is 7.10. The molecule has 3 heterocycles. The van der Waals surface area contributed by atoms with Crippen LogP contribution in [0, 0.1) is 0 Å². The van der Waals surface area contributed by atoms with E-state index >= 15 is 0 Å². The lowest BCUT2D eigenvalue weighted by Crippen LogP contribution is -2.24. The van der Waals surface area contributed by atoms with Crippen LogP contribution in [-0.4, -0.2) is 4.57 Å². The summed E-state index contributed by atoms with van der Waals surface area (Å²) >= 11 is 0. The van der Waals surface area contributed by atoms with Crippen molar-refractivity contribution >= 4 is 77.3 Å². The lowest BCUT2D eigenvalue weighted by molar-refractivity contribution is 0.599. The van der Waals surface area contributed by atoms with E-state index in [1.54, 1.807) is 0 Å². The number of fused-ring (bicyclic) bond motifs is 25. The maximum atomic E-state index is 7.10. The smallest absolute Gasteiger partial charge is 0.144 e. The molecule has 11 aromatic carbocycles. The van der Waals surface area contributed by atoms with Crippen LogP contribution in [0.2, 0.25) is 0 Å². The van der Waals surface area contributed by atoms with E-state index in [1.807, 2.05) is 0 Å². The Hall–Kier alpha value is -9.44. The van der Waals surface area contributed by atoms with Gasteiger partial charge in [-0.1, -0.05) is 201 Å². The minimum absolute atomic E-state index is 0.186. The highest BCUT2D eigenvalue weighted by Crippen LogP contribution is 2.64. The molecule has 14 aromatic rings. The minimum atomic E-state index is -0.311. The number of hydrogen-bond donors (Lipinski definition) is 0. The molecule has 0 saturated heterocycles. The van der Waals surface area contributed by atoms with E-state index in [9.17, 15) is 0 Å². The van der Waals surface area contributed by atoms with E-state index in [0.29, 0.717) is 0 Å². The second-order valence-corrected chi connectivity index (χ2v) is 26.7. The lowest BCUT2D eigenvalue weighted by atomic mass is 9.72.